The largest absolute Gasteiger partial charge is 0.377 e. The summed E-state index contributed by atoms with van der Waals surface area (Å²) >= 11 is 0. The Balaban J connectivity index is 2.72. The number of anilines is 1. The lowest BCUT2D eigenvalue weighted by Gasteiger charge is -2.15. The van der Waals surface area contributed by atoms with Crippen LogP contribution in [0, 0.1) is 6.92 Å². The van der Waals surface area contributed by atoms with Gasteiger partial charge in [-0.3, -0.25) is 0 Å². The fourth-order valence-electron chi connectivity index (χ4n) is 1.75. The predicted octanol–water partition coefficient (Wildman–Crippen LogP) is 1.95. The van der Waals surface area contributed by atoms with E-state index in [1.165, 1.54) is 16.8 Å². The van der Waals surface area contributed by atoms with Crippen LogP contribution < -0.4 is 4.90 Å². The van der Waals surface area contributed by atoms with Crippen LogP contribution in [-0.4, -0.2) is 23.6 Å². The number of nitrogens with zero attached hydrogens (tertiary/aromatic N) is 3. The second kappa shape index (κ2) is 3.01. The molecule has 0 bridgehead atoms. The van der Waals surface area contributed by atoms with Gasteiger partial charge in [0.2, 0.25) is 0 Å². The van der Waals surface area contributed by atoms with Gasteiger partial charge in [-0.15, -0.1) is 0 Å². The summed E-state index contributed by atoms with van der Waals surface area (Å²) in [5.74, 6) is 0. The van der Waals surface area contributed by atoms with Gasteiger partial charge in [0.15, 0.2) is 0 Å². The van der Waals surface area contributed by atoms with Crippen molar-refractivity contribution in [2.45, 2.75) is 6.92 Å². The molecule has 0 unspecified atom stereocenters. The van der Waals surface area contributed by atoms with Crippen LogP contribution >= 0.6 is 0 Å². The predicted molar refractivity (Wildman–Crippen MR) is 59.8 cm³/mol. The van der Waals surface area contributed by atoms with E-state index in [0.717, 1.165) is 5.52 Å². The summed E-state index contributed by atoms with van der Waals surface area (Å²) in [4.78, 5) is 6.45. The quantitative estimate of drug-likeness (QED) is 0.683. The maximum Gasteiger partial charge on any atom is 0.0955 e. The third-order valence-corrected chi connectivity index (χ3v) is 2.52. The lowest BCUT2D eigenvalue weighted by molar-refractivity contribution is 0.947. The first kappa shape index (κ1) is 9.06. The molecule has 2 rings (SSSR count). The molecule has 0 amide bonds. The standard InChI is InChI=1S/C11H15N3/c1-8-5-11-9(12-7-14(11)4)6-10(8)13(2)3/h5-7H,1-4H3. The number of fused-ring (bicyclic) bond motifs is 1. The Morgan fingerprint density at radius 3 is 2.64 bits per heavy atom. The molecule has 3 nitrogen and oxygen atoms in total. The fraction of sp³-hybridized carbons (Fsp3) is 0.364. The maximum atomic E-state index is 4.34. The summed E-state index contributed by atoms with van der Waals surface area (Å²) in [6.07, 6.45) is 1.85. The minimum absolute atomic E-state index is 1.06. The van der Waals surface area contributed by atoms with Gasteiger partial charge in [-0.2, -0.15) is 0 Å². The Morgan fingerprint density at radius 1 is 1.29 bits per heavy atom. The summed E-state index contributed by atoms with van der Waals surface area (Å²) in [7, 11) is 6.12. The van der Waals surface area contributed by atoms with Gasteiger partial charge in [-0.1, -0.05) is 0 Å². The number of hydrogen-bond acceptors (Lipinski definition) is 2. The number of aromatic nitrogens is 2. The van der Waals surface area contributed by atoms with Gasteiger partial charge in [0.1, 0.15) is 0 Å². The molecule has 0 radical (unpaired) electrons. The molecule has 0 aliphatic rings. The van der Waals surface area contributed by atoms with Crippen LogP contribution in [0.2, 0.25) is 0 Å². The highest BCUT2D eigenvalue weighted by molar-refractivity contribution is 5.81. The van der Waals surface area contributed by atoms with Gasteiger partial charge in [-0.25, -0.2) is 4.98 Å². The first-order valence-corrected chi connectivity index (χ1v) is 4.68. The van der Waals surface area contributed by atoms with E-state index in [0.29, 0.717) is 0 Å². The molecule has 0 saturated carbocycles. The van der Waals surface area contributed by atoms with Gasteiger partial charge in [-0.05, 0) is 24.6 Å². The molecule has 0 aliphatic carbocycles. The smallest absolute Gasteiger partial charge is 0.0955 e. The number of hydrogen-bond donors (Lipinski definition) is 0. The number of imidazole rings is 1. The molecule has 1 aromatic carbocycles. The van der Waals surface area contributed by atoms with Gasteiger partial charge >= 0.3 is 0 Å². The van der Waals surface area contributed by atoms with Crippen molar-refractivity contribution in [2.75, 3.05) is 19.0 Å². The summed E-state index contributed by atoms with van der Waals surface area (Å²) in [6.45, 7) is 2.13. The average Bonchev–Trinajstić information content (AvgIpc) is 2.46. The zero-order valence-electron chi connectivity index (χ0n) is 9.07. The molecular formula is C11H15N3. The van der Waals surface area contributed by atoms with E-state index in [1.807, 2.05) is 17.9 Å². The van der Waals surface area contributed by atoms with Crippen molar-refractivity contribution in [3.05, 3.63) is 24.0 Å². The highest BCUT2D eigenvalue weighted by Gasteiger charge is 2.05. The molecule has 0 N–H and O–H groups in total. The van der Waals surface area contributed by atoms with E-state index >= 15 is 0 Å². The van der Waals surface area contributed by atoms with E-state index in [-0.39, 0.29) is 0 Å². The van der Waals surface area contributed by atoms with Crippen LogP contribution in [0.3, 0.4) is 0 Å². The minimum atomic E-state index is 1.06. The Morgan fingerprint density at radius 2 is 2.00 bits per heavy atom. The molecule has 1 heterocycles. The highest BCUT2D eigenvalue weighted by Crippen LogP contribution is 2.23. The fourth-order valence-corrected chi connectivity index (χ4v) is 1.75. The Kier molecular flexibility index (Phi) is 1.95. The summed E-state index contributed by atoms with van der Waals surface area (Å²) < 4.78 is 2.04. The van der Waals surface area contributed by atoms with Crippen molar-refractivity contribution in [1.82, 2.24) is 9.55 Å². The first-order valence-electron chi connectivity index (χ1n) is 4.68. The first-order chi connectivity index (χ1) is 6.59. The topological polar surface area (TPSA) is 21.1 Å². The zero-order chi connectivity index (χ0) is 10.3. The van der Waals surface area contributed by atoms with Gasteiger partial charge < -0.3 is 9.47 Å². The van der Waals surface area contributed by atoms with Crippen LogP contribution in [0.15, 0.2) is 18.5 Å². The Bertz CT molecular complexity index is 469. The second-order valence-corrected chi connectivity index (χ2v) is 3.88. The summed E-state index contributed by atoms with van der Waals surface area (Å²) in [5, 5.41) is 0. The third-order valence-electron chi connectivity index (χ3n) is 2.52. The molecule has 0 atom stereocenters. The highest BCUT2D eigenvalue weighted by atomic mass is 15.1. The van der Waals surface area contributed by atoms with Crippen molar-refractivity contribution < 1.29 is 0 Å². The van der Waals surface area contributed by atoms with E-state index in [2.05, 4.69) is 43.0 Å². The van der Waals surface area contributed by atoms with E-state index in [1.54, 1.807) is 0 Å². The molecule has 0 aliphatic heterocycles. The molecule has 14 heavy (non-hydrogen) atoms. The SMILES string of the molecule is Cc1cc2c(cc1N(C)C)ncn2C. The Hall–Kier alpha value is -1.51. The normalized spacial score (nSPS) is 10.9. The van der Waals surface area contributed by atoms with E-state index in [9.17, 15) is 0 Å². The lowest BCUT2D eigenvalue weighted by Crippen LogP contribution is -2.10. The Labute approximate surface area is 84.0 Å². The van der Waals surface area contributed by atoms with Crippen LogP contribution in [0.5, 0.6) is 0 Å². The van der Waals surface area contributed by atoms with E-state index in [4.69, 9.17) is 0 Å². The maximum absolute atomic E-state index is 4.34. The van der Waals surface area contributed by atoms with Crippen molar-refractivity contribution in [3.8, 4) is 0 Å². The van der Waals surface area contributed by atoms with Gasteiger partial charge in [0.25, 0.3) is 0 Å². The van der Waals surface area contributed by atoms with Crippen molar-refractivity contribution in [1.29, 1.82) is 0 Å². The third kappa shape index (κ3) is 1.25. The molecule has 3 heteroatoms. The van der Waals surface area contributed by atoms with Crippen molar-refractivity contribution in [2.24, 2.45) is 7.05 Å². The van der Waals surface area contributed by atoms with Crippen LogP contribution in [0.1, 0.15) is 5.56 Å². The molecular weight excluding hydrogens is 174 g/mol. The van der Waals surface area contributed by atoms with Crippen LogP contribution in [-0.2, 0) is 7.05 Å². The lowest BCUT2D eigenvalue weighted by atomic mass is 10.1. The second-order valence-electron chi connectivity index (χ2n) is 3.88. The summed E-state index contributed by atoms with van der Waals surface area (Å²) in [5.41, 5.74) is 4.76. The van der Waals surface area contributed by atoms with Gasteiger partial charge in [0.05, 0.1) is 17.4 Å². The van der Waals surface area contributed by atoms with Gasteiger partial charge in [0, 0.05) is 26.8 Å². The average molecular weight is 189 g/mol. The summed E-state index contributed by atoms with van der Waals surface area (Å²) in [6, 6.07) is 4.31. The molecule has 2 aromatic rings. The molecule has 1 aromatic heterocycles. The van der Waals surface area contributed by atoms with Crippen molar-refractivity contribution >= 4 is 16.7 Å². The van der Waals surface area contributed by atoms with Crippen LogP contribution in [0.4, 0.5) is 5.69 Å². The molecule has 0 spiro atoms. The molecule has 0 saturated heterocycles. The minimum Gasteiger partial charge on any atom is -0.377 e. The molecule has 74 valence electrons. The van der Waals surface area contributed by atoms with Crippen molar-refractivity contribution in [3.63, 3.8) is 0 Å². The van der Waals surface area contributed by atoms with Crippen LogP contribution in [0.25, 0.3) is 11.0 Å². The van der Waals surface area contributed by atoms with E-state index < -0.39 is 0 Å². The zero-order valence-corrected chi connectivity index (χ0v) is 9.07. The number of aryl methyl sites for hydroxylation is 2. The monoisotopic (exact) mass is 189 g/mol. The molecule has 0 fully saturated rings. The number of benzene rings is 1. The number of rotatable bonds is 1.